The zero-order valence-corrected chi connectivity index (χ0v) is 3.76. The molecule has 1 heterocycles. The number of hydroxylamine groups is 1. The van der Waals surface area contributed by atoms with E-state index in [1.54, 1.807) is 6.20 Å². The Hall–Kier alpha value is -0.830. The lowest BCUT2D eigenvalue weighted by Gasteiger charge is -1.90. The largest absolute Gasteiger partial charge is 0.290 e. The highest BCUT2D eigenvalue weighted by molar-refractivity contribution is 5.84. The molecule has 0 saturated heterocycles. The quantitative estimate of drug-likeness (QED) is 0.427. The zero-order chi connectivity index (χ0) is 5.11. The fourth-order valence-electron chi connectivity index (χ4n) is 0.434. The van der Waals surface area contributed by atoms with Crippen LogP contribution in [0.5, 0.6) is 0 Å². The van der Waals surface area contributed by atoms with Crippen molar-refractivity contribution in [3.05, 3.63) is 12.3 Å². The molecule has 0 spiro atoms. The number of amidine groups is 1. The summed E-state index contributed by atoms with van der Waals surface area (Å²) < 4.78 is 0. The molecular weight excluding hydrogens is 92.1 g/mol. The number of rotatable bonds is 0. The van der Waals surface area contributed by atoms with E-state index in [-0.39, 0.29) is 0 Å². The Morgan fingerprint density at radius 2 is 2.71 bits per heavy atom. The minimum Gasteiger partial charge on any atom is -0.290 e. The van der Waals surface area contributed by atoms with Crippen LogP contribution in [0.25, 0.3) is 0 Å². The lowest BCUT2D eigenvalue weighted by atomic mass is 10.4. The van der Waals surface area contributed by atoms with Gasteiger partial charge in [-0.2, -0.15) is 0 Å². The maximum Gasteiger partial charge on any atom is 0.129 e. The van der Waals surface area contributed by atoms with E-state index < -0.39 is 0 Å². The molecule has 0 aromatic carbocycles. The fraction of sp³-hybridized carbons (Fsp3) is 0.250. The number of aliphatic imine (C=N–C) groups is 1. The van der Waals surface area contributed by atoms with Crippen molar-refractivity contribution in [1.29, 1.82) is 0 Å². The first-order valence-electron chi connectivity index (χ1n) is 2.05. The normalized spacial score (nSPS) is 17.0. The molecule has 0 amide bonds. The molecule has 1 aliphatic heterocycles. The van der Waals surface area contributed by atoms with E-state index in [9.17, 15) is 0 Å². The van der Waals surface area contributed by atoms with Crippen LogP contribution in [0, 0.1) is 0 Å². The highest BCUT2D eigenvalue weighted by Gasteiger charge is 1.94. The van der Waals surface area contributed by atoms with E-state index in [4.69, 9.17) is 5.21 Å². The Labute approximate surface area is 41.3 Å². The van der Waals surface area contributed by atoms with Crippen molar-refractivity contribution in [3.63, 3.8) is 0 Å². The van der Waals surface area contributed by atoms with Crippen LogP contribution >= 0.6 is 0 Å². The van der Waals surface area contributed by atoms with Crippen molar-refractivity contribution in [2.75, 3.05) is 0 Å². The second kappa shape index (κ2) is 1.75. The zero-order valence-electron chi connectivity index (χ0n) is 3.76. The summed E-state index contributed by atoms with van der Waals surface area (Å²) in [5, 5.41) is 8.15. The first-order valence-corrected chi connectivity index (χ1v) is 2.05. The Bertz CT molecular complexity index is 117. The minimum absolute atomic E-state index is 0.611. The van der Waals surface area contributed by atoms with Gasteiger partial charge < -0.3 is 0 Å². The summed E-state index contributed by atoms with van der Waals surface area (Å²) in [6.45, 7) is 0. The Morgan fingerprint density at radius 1 is 1.86 bits per heavy atom. The number of hydrogen-bond acceptors (Lipinski definition) is 3. The summed E-state index contributed by atoms with van der Waals surface area (Å²) in [5.74, 6) is 0.611. The highest BCUT2D eigenvalue weighted by atomic mass is 16.5. The Morgan fingerprint density at radius 3 is 3.00 bits per heavy atom. The van der Waals surface area contributed by atoms with Crippen LogP contribution in [0.3, 0.4) is 0 Å². The minimum atomic E-state index is 0.611. The van der Waals surface area contributed by atoms with E-state index in [0.717, 1.165) is 6.42 Å². The number of hydrogen-bond donors (Lipinski definition) is 2. The van der Waals surface area contributed by atoms with Gasteiger partial charge in [0.15, 0.2) is 0 Å². The molecular formula is C4H6N2O. The lowest BCUT2D eigenvalue weighted by molar-refractivity contribution is 0.233. The molecule has 0 fully saturated rings. The summed E-state index contributed by atoms with van der Waals surface area (Å²) in [6, 6.07) is 0. The second-order valence-corrected chi connectivity index (χ2v) is 1.28. The lowest BCUT2D eigenvalue weighted by Crippen LogP contribution is -2.15. The van der Waals surface area contributed by atoms with E-state index in [0.29, 0.717) is 5.84 Å². The van der Waals surface area contributed by atoms with Crippen molar-refractivity contribution in [2.45, 2.75) is 6.42 Å². The average Bonchev–Trinajstić information content (AvgIpc) is 2.14. The number of nitrogens with one attached hydrogen (secondary N) is 1. The van der Waals surface area contributed by atoms with Crippen molar-refractivity contribution in [1.82, 2.24) is 5.48 Å². The summed E-state index contributed by atoms with van der Waals surface area (Å²) in [7, 11) is 0. The third kappa shape index (κ3) is 0.778. The molecule has 3 heteroatoms. The van der Waals surface area contributed by atoms with E-state index in [2.05, 4.69) is 4.99 Å². The molecule has 0 unspecified atom stereocenters. The van der Waals surface area contributed by atoms with Gasteiger partial charge in [0.2, 0.25) is 0 Å². The van der Waals surface area contributed by atoms with Crippen molar-refractivity contribution < 1.29 is 5.21 Å². The monoisotopic (exact) mass is 98.0 g/mol. The molecule has 3 nitrogen and oxygen atoms in total. The maximum absolute atomic E-state index is 8.15. The standard InChI is InChI=1S/C4H6N2O/c7-6-4-2-1-3-5-4/h1,3,7H,2H2,(H,5,6). The third-order valence-corrected chi connectivity index (χ3v) is 0.776. The first-order chi connectivity index (χ1) is 3.43. The molecule has 7 heavy (non-hydrogen) atoms. The van der Waals surface area contributed by atoms with Crippen LogP contribution in [0.15, 0.2) is 17.3 Å². The van der Waals surface area contributed by atoms with Gasteiger partial charge in [0.1, 0.15) is 5.84 Å². The van der Waals surface area contributed by atoms with Gasteiger partial charge in [0.05, 0.1) is 0 Å². The smallest absolute Gasteiger partial charge is 0.129 e. The predicted molar refractivity (Wildman–Crippen MR) is 26.1 cm³/mol. The Balaban J connectivity index is 2.45. The van der Waals surface area contributed by atoms with Gasteiger partial charge >= 0.3 is 0 Å². The molecule has 38 valence electrons. The van der Waals surface area contributed by atoms with Crippen LogP contribution in [0.1, 0.15) is 6.42 Å². The molecule has 2 N–H and O–H groups in total. The van der Waals surface area contributed by atoms with Gasteiger partial charge in [0.25, 0.3) is 0 Å². The third-order valence-electron chi connectivity index (χ3n) is 0.776. The molecule has 1 aliphatic rings. The summed E-state index contributed by atoms with van der Waals surface area (Å²) >= 11 is 0. The molecule has 0 saturated carbocycles. The van der Waals surface area contributed by atoms with Crippen LogP contribution in [-0.4, -0.2) is 11.0 Å². The van der Waals surface area contributed by atoms with Gasteiger partial charge in [-0.05, 0) is 0 Å². The average molecular weight is 98.1 g/mol. The summed E-state index contributed by atoms with van der Waals surface area (Å²) in [4.78, 5) is 3.73. The Kier molecular flexibility index (Phi) is 1.08. The fourth-order valence-corrected chi connectivity index (χ4v) is 0.434. The van der Waals surface area contributed by atoms with Crippen LogP contribution in [0.4, 0.5) is 0 Å². The predicted octanol–water partition coefficient (Wildman–Crippen LogP) is 0.281. The van der Waals surface area contributed by atoms with E-state index >= 15 is 0 Å². The molecule has 0 aliphatic carbocycles. The molecule has 0 bridgehead atoms. The molecule has 0 aromatic rings. The first kappa shape index (κ1) is 4.33. The summed E-state index contributed by atoms with van der Waals surface area (Å²) in [6.07, 6.45) is 4.23. The van der Waals surface area contributed by atoms with E-state index in [1.165, 1.54) is 0 Å². The topological polar surface area (TPSA) is 44.6 Å². The van der Waals surface area contributed by atoms with Gasteiger partial charge in [-0.15, -0.1) is 0 Å². The highest BCUT2D eigenvalue weighted by Crippen LogP contribution is 1.94. The van der Waals surface area contributed by atoms with Gasteiger partial charge in [-0.3, -0.25) is 10.7 Å². The molecule has 1 rings (SSSR count). The van der Waals surface area contributed by atoms with Crippen molar-refractivity contribution >= 4 is 5.84 Å². The second-order valence-electron chi connectivity index (χ2n) is 1.28. The molecule has 0 aromatic heterocycles. The molecule has 0 radical (unpaired) electrons. The van der Waals surface area contributed by atoms with Crippen molar-refractivity contribution in [2.24, 2.45) is 4.99 Å². The van der Waals surface area contributed by atoms with Gasteiger partial charge in [0, 0.05) is 12.6 Å². The SMILES string of the molecule is ONC1=NC=CC1. The molecule has 0 atom stereocenters. The summed E-state index contributed by atoms with van der Waals surface area (Å²) in [5.41, 5.74) is 1.95. The van der Waals surface area contributed by atoms with Crippen molar-refractivity contribution in [3.8, 4) is 0 Å². The van der Waals surface area contributed by atoms with Gasteiger partial charge in [-0.25, -0.2) is 4.99 Å². The van der Waals surface area contributed by atoms with Crippen LogP contribution < -0.4 is 5.48 Å². The van der Waals surface area contributed by atoms with Gasteiger partial charge in [-0.1, -0.05) is 6.08 Å². The maximum atomic E-state index is 8.15. The van der Waals surface area contributed by atoms with E-state index in [1.807, 2.05) is 11.6 Å². The van der Waals surface area contributed by atoms with Crippen LogP contribution in [-0.2, 0) is 0 Å². The number of nitrogens with zero attached hydrogens (tertiary/aromatic N) is 1. The van der Waals surface area contributed by atoms with Crippen LogP contribution in [0.2, 0.25) is 0 Å².